The Morgan fingerprint density at radius 1 is 1.00 bits per heavy atom. The van der Waals surface area contributed by atoms with E-state index in [2.05, 4.69) is 9.72 Å². The average molecular weight is 370 g/mol. The number of carbonyl (C=O) groups is 1. The topological polar surface area (TPSA) is 68.1 Å². The number of aromatic amines is 1. The minimum atomic E-state index is -2.34. The molecule has 0 bridgehead atoms. The zero-order valence-electron chi connectivity index (χ0n) is 13.0. The Labute approximate surface area is 143 Å². The highest BCUT2D eigenvalue weighted by Gasteiger charge is 2.30. The third-order valence-electron chi connectivity index (χ3n) is 3.79. The molecule has 2 aromatic carbocycles. The number of hydrogen-bond donors (Lipinski definition) is 2. The summed E-state index contributed by atoms with van der Waals surface area (Å²) in [5.74, 6) is -14.3. The van der Waals surface area contributed by atoms with Crippen LogP contribution in [0.5, 0.6) is 5.75 Å². The second-order valence-electron chi connectivity index (χ2n) is 5.49. The fraction of sp³-hybridized carbons (Fsp3) is 0.118. The van der Waals surface area contributed by atoms with Gasteiger partial charge in [0, 0.05) is 23.5 Å². The lowest BCUT2D eigenvalue weighted by molar-refractivity contribution is -0.136. The molecule has 0 aliphatic rings. The number of fused-ring (bicyclic) bond motifs is 1. The number of halogens is 5. The van der Waals surface area contributed by atoms with Crippen LogP contribution in [-0.4, -0.2) is 17.0 Å². The molecule has 9 heteroatoms. The smallest absolute Gasteiger partial charge is 0.328 e. The molecule has 0 aliphatic heterocycles. The van der Waals surface area contributed by atoms with Crippen LogP contribution < -0.4 is 10.5 Å². The quantitative estimate of drug-likeness (QED) is 0.243. The van der Waals surface area contributed by atoms with Gasteiger partial charge in [0.2, 0.25) is 34.8 Å². The first kappa shape index (κ1) is 17.9. The van der Waals surface area contributed by atoms with Gasteiger partial charge in [0.25, 0.3) is 0 Å². The van der Waals surface area contributed by atoms with Gasteiger partial charge in [0.1, 0.15) is 6.04 Å². The van der Waals surface area contributed by atoms with Crippen LogP contribution in [0.1, 0.15) is 5.56 Å². The van der Waals surface area contributed by atoms with Crippen molar-refractivity contribution in [3.63, 3.8) is 0 Å². The number of H-pyrrole nitrogens is 1. The summed E-state index contributed by atoms with van der Waals surface area (Å²) in [4.78, 5) is 14.9. The van der Waals surface area contributed by atoms with Gasteiger partial charge >= 0.3 is 5.97 Å². The number of nitrogens with two attached hydrogens (primary N) is 1. The molecule has 0 fully saturated rings. The number of benzene rings is 2. The Morgan fingerprint density at radius 2 is 1.58 bits per heavy atom. The van der Waals surface area contributed by atoms with Crippen molar-refractivity contribution in [2.75, 3.05) is 0 Å². The van der Waals surface area contributed by atoms with E-state index in [9.17, 15) is 26.7 Å². The zero-order valence-corrected chi connectivity index (χ0v) is 13.0. The van der Waals surface area contributed by atoms with E-state index in [0.29, 0.717) is 5.56 Å². The normalized spacial score (nSPS) is 12.4. The Bertz CT molecular complexity index is 973. The van der Waals surface area contributed by atoms with Crippen LogP contribution >= 0.6 is 0 Å². The molecule has 0 radical (unpaired) electrons. The van der Waals surface area contributed by atoms with E-state index < -0.39 is 46.8 Å². The molecule has 1 heterocycles. The van der Waals surface area contributed by atoms with Crippen molar-refractivity contribution < 1.29 is 31.5 Å². The summed E-state index contributed by atoms with van der Waals surface area (Å²) in [5.41, 5.74) is 7.07. The molecule has 1 atom stereocenters. The molecule has 0 saturated heterocycles. The summed E-state index contributed by atoms with van der Waals surface area (Å²) in [6.45, 7) is 0. The first-order valence-corrected chi connectivity index (χ1v) is 7.35. The van der Waals surface area contributed by atoms with Crippen molar-refractivity contribution in [1.82, 2.24) is 4.98 Å². The highest BCUT2D eigenvalue weighted by atomic mass is 19.2. The van der Waals surface area contributed by atoms with Crippen LogP contribution in [0.15, 0.2) is 30.5 Å². The first-order valence-electron chi connectivity index (χ1n) is 7.35. The van der Waals surface area contributed by atoms with E-state index in [-0.39, 0.29) is 6.42 Å². The lowest BCUT2D eigenvalue weighted by atomic mass is 10.1. The number of aromatic nitrogens is 1. The summed E-state index contributed by atoms with van der Waals surface area (Å²) >= 11 is 0. The standard InChI is InChI=1S/C17H11F5N2O2/c18-11-12(19)14(21)16(15(22)13(11)20)26-17(25)9(23)5-7-6-24-10-4-2-1-3-8(7)10/h1-4,6,9,24H,5,23H2/t9-/m0/s1. The van der Waals surface area contributed by atoms with Gasteiger partial charge in [-0.3, -0.25) is 0 Å². The number of para-hydroxylation sites is 1. The first-order chi connectivity index (χ1) is 12.3. The molecule has 0 aliphatic carbocycles. The second-order valence-corrected chi connectivity index (χ2v) is 5.49. The maximum atomic E-state index is 13.6. The summed E-state index contributed by atoms with van der Waals surface area (Å²) in [6.07, 6.45) is 1.52. The number of carbonyl (C=O) groups excluding carboxylic acids is 1. The van der Waals surface area contributed by atoms with Crippen molar-refractivity contribution in [2.45, 2.75) is 12.5 Å². The van der Waals surface area contributed by atoms with Crippen LogP contribution in [-0.2, 0) is 11.2 Å². The lowest BCUT2D eigenvalue weighted by Crippen LogP contribution is -2.36. The number of esters is 1. The summed E-state index contributed by atoms with van der Waals surface area (Å²) < 4.78 is 70.8. The van der Waals surface area contributed by atoms with Gasteiger partial charge in [-0.1, -0.05) is 18.2 Å². The Balaban J connectivity index is 1.82. The largest absolute Gasteiger partial charge is 0.419 e. The molecule has 3 aromatic rings. The summed E-state index contributed by atoms with van der Waals surface area (Å²) in [5, 5.41) is 0.770. The van der Waals surface area contributed by atoms with E-state index in [4.69, 9.17) is 5.73 Å². The molecule has 0 spiro atoms. The van der Waals surface area contributed by atoms with E-state index in [0.717, 1.165) is 10.9 Å². The molecule has 136 valence electrons. The number of ether oxygens (including phenoxy) is 1. The van der Waals surface area contributed by atoms with Gasteiger partial charge in [0.05, 0.1) is 0 Å². The van der Waals surface area contributed by atoms with Crippen LogP contribution in [0.2, 0.25) is 0 Å². The van der Waals surface area contributed by atoms with Crippen molar-refractivity contribution in [3.8, 4) is 5.75 Å². The van der Waals surface area contributed by atoms with Crippen molar-refractivity contribution in [3.05, 3.63) is 65.1 Å². The number of nitrogens with one attached hydrogen (secondary N) is 1. The molecular formula is C17H11F5N2O2. The highest BCUT2D eigenvalue weighted by Crippen LogP contribution is 2.29. The average Bonchev–Trinajstić information content (AvgIpc) is 3.04. The van der Waals surface area contributed by atoms with Crippen molar-refractivity contribution in [2.24, 2.45) is 5.73 Å². The minimum Gasteiger partial charge on any atom is -0.419 e. The highest BCUT2D eigenvalue weighted by molar-refractivity contribution is 5.85. The predicted molar refractivity (Wildman–Crippen MR) is 81.8 cm³/mol. The van der Waals surface area contributed by atoms with E-state index >= 15 is 0 Å². The fourth-order valence-corrected chi connectivity index (χ4v) is 2.47. The van der Waals surface area contributed by atoms with Gasteiger partial charge in [-0.15, -0.1) is 0 Å². The van der Waals surface area contributed by atoms with E-state index in [1.54, 1.807) is 30.5 Å². The monoisotopic (exact) mass is 370 g/mol. The van der Waals surface area contributed by atoms with E-state index in [1.807, 2.05) is 0 Å². The van der Waals surface area contributed by atoms with Crippen LogP contribution in [0.4, 0.5) is 22.0 Å². The van der Waals surface area contributed by atoms with Crippen LogP contribution in [0.3, 0.4) is 0 Å². The summed E-state index contributed by atoms with van der Waals surface area (Å²) in [7, 11) is 0. The Hall–Kier alpha value is -2.94. The molecule has 0 saturated carbocycles. The molecule has 26 heavy (non-hydrogen) atoms. The second kappa shape index (κ2) is 6.75. The fourth-order valence-electron chi connectivity index (χ4n) is 2.47. The summed E-state index contributed by atoms with van der Waals surface area (Å²) in [6, 6.07) is 5.73. The minimum absolute atomic E-state index is 0.0712. The molecule has 3 rings (SSSR count). The molecular weight excluding hydrogens is 359 g/mol. The van der Waals surface area contributed by atoms with Crippen molar-refractivity contribution >= 4 is 16.9 Å². The molecule has 1 aromatic heterocycles. The van der Waals surface area contributed by atoms with Gasteiger partial charge in [-0.2, -0.15) is 8.78 Å². The SMILES string of the molecule is N[C@@H](Cc1c[nH]c2ccccc12)C(=O)Oc1c(F)c(F)c(F)c(F)c1F. The maximum Gasteiger partial charge on any atom is 0.328 e. The van der Waals surface area contributed by atoms with Gasteiger partial charge in [0.15, 0.2) is 0 Å². The third-order valence-corrected chi connectivity index (χ3v) is 3.79. The predicted octanol–water partition coefficient (Wildman–Crippen LogP) is 3.34. The molecule has 4 nitrogen and oxygen atoms in total. The van der Waals surface area contributed by atoms with Crippen molar-refractivity contribution in [1.29, 1.82) is 0 Å². The Kier molecular flexibility index (Phi) is 4.64. The molecule has 3 N–H and O–H groups in total. The maximum absolute atomic E-state index is 13.6. The number of hydrogen-bond acceptors (Lipinski definition) is 3. The van der Waals surface area contributed by atoms with Gasteiger partial charge in [-0.25, -0.2) is 18.0 Å². The Morgan fingerprint density at radius 3 is 2.23 bits per heavy atom. The molecule has 0 amide bonds. The molecule has 0 unspecified atom stereocenters. The number of rotatable bonds is 4. The van der Waals surface area contributed by atoms with Gasteiger partial charge < -0.3 is 15.5 Å². The van der Waals surface area contributed by atoms with Gasteiger partial charge in [-0.05, 0) is 11.6 Å². The lowest BCUT2D eigenvalue weighted by Gasteiger charge is -2.13. The van der Waals surface area contributed by atoms with E-state index in [1.165, 1.54) is 0 Å². The third kappa shape index (κ3) is 3.01. The van der Waals surface area contributed by atoms with Crippen LogP contribution in [0, 0.1) is 29.1 Å². The zero-order chi connectivity index (χ0) is 19.0. The van der Waals surface area contributed by atoms with Crippen LogP contribution in [0.25, 0.3) is 10.9 Å².